The number of carbonyl (C=O) groups is 4. The Balaban J connectivity index is 5.23. The maximum absolute atomic E-state index is 13.1. The monoisotopic (exact) mass is 1480 g/mol. The molecule has 600 valence electrons. The third kappa shape index (κ3) is 73.4. The van der Waals surface area contributed by atoms with Gasteiger partial charge in [0.25, 0.3) is 0 Å². The van der Waals surface area contributed by atoms with Crippen LogP contribution in [0.4, 0.5) is 0 Å². The Labute approximate surface area is 619 Å². The van der Waals surface area contributed by atoms with Gasteiger partial charge < -0.3 is 33.8 Å². The van der Waals surface area contributed by atoms with Crippen LogP contribution in [0, 0.1) is 17.8 Å². The van der Waals surface area contributed by atoms with Crippen molar-refractivity contribution in [1.29, 1.82) is 0 Å². The zero-order chi connectivity index (χ0) is 74.4. The van der Waals surface area contributed by atoms with E-state index in [2.05, 4.69) is 48.5 Å². The molecule has 0 aliphatic rings. The molecule has 19 heteroatoms. The quantitative estimate of drug-likeness (QED) is 0.0222. The number of esters is 4. The fraction of sp³-hybridized carbons (Fsp3) is 0.951. The lowest BCUT2D eigenvalue weighted by atomic mass is 9.99. The minimum absolute atomic E-state index is 0.106. The molecule has 0 bridgehead atoms. The minimum Gasteiger partial charge on any atom is -0.462 e. The fourth-order valence-electron chi connectivity index (χ4n) is 12.6. The molecule has 0 spiro atoms. The van der Waals surface area contributed by atoms with Crippen LogP contribution in [0.5, 0.6) is 0 Å². The largest absolute Gasteiger partial charge is 0.472 e. The van der Waals surface area contributed by atoms with Gasteiger partial charge >= 0.3 is 39.5 Å². The van der Waals surface area contributed by atoms with E-state index in [9.17, 15) is 43.2 Å². The summed E-state index contributed by atoms with van der Waals surface area (Å²) < 4.78 is 68.7. The second-order valence-corrected chi connectivity index (χ2v) is 33.4. The molecule has 0 aliphatic heterocycles. The summed E-state index contributed by atoms with van der Waals surface area (Å²) >= 11 is 0. The third-order valence-corrected chi connectivity index (χ3v) is 21.8. The van der Waals surface area contributed by atoms with Gasteiger partial charge in [0.05, 0.1) is 26.4 Å². The van der Waals surface area contributed by atoms with Crippen molar-refractivity contribution in [3.05, 3.63) is 0 Å². The van der Waals surface area contributed by atoms with Gasteiger partial charge in [-0.15, -0.1) is 0 Å². The van der Waals surface area contributed by atoms with E-state index in [4.69, 9.17) is 37.0 Å². The van der Waals surface area contributed by atoms with Crippen LogP contribution in [0.2, 0.25) is 0 Å². The molecule has 4 unspecified atom stereocenters. The van der Waals surface area contributed by atoms with E-state index < -0.39 is 97.5 Å². The zero-order valence-corrected chi connectivity index (χ0v) is 68.2. The second kappa shape index (κ2) is 72.3. The molecule has 0 heterocycles. The summed E-state index contributed by atoms with van der Waals surface area (Å²) in [4.78, 5) is 73.1. The first-order valence-corrected chi connectivity index (χ1v) is 45.4. The molecule has 0 fully saturated rings. The molecule has 17 nitrogen and oxygen atoms in total. The van der Waals surface area contributed by atoms with Crippen molar-refractivity contribution in [3.8, 4) is 0 Å². The highest BCUT2D eigenvalue weighted by Crippen LogP contribution is 2.45. The molecule has 0 saturated heterocycles. The molecule has 7 atom stereocenters. The number of hydrogen-bond acceptors (Lipinski definition) is 15. The van der Waals surface area contributed by atoms with E-state index in [1.165, 1.54) is 238 Å². The predicted octanol–water partition coefficient (Wildman–Crippen LogP) is 24.5. The van der Waals surface area contributed by atoms with Gasteiger partial charge in [-0.3, -0.25) is 37.3 Å². The summed E-state index contributed by atoms with van der Waals surface area (Å²) in [6.07, 6.45) is 60.9. The van der Waals surface area contributed by atoms with Crippen LogP contribution in [0.1, 0.15) is 427 Å². The number of rotatable bonds is 80. The number of aliphatic hydroxyl groups is 1. The molecule has 0 aliphatic carbocycles. The summed E-state index contributed by atoms with van der Waals surface area (Å²) in [5.74, 6) is 0.323. The van der Waals surface area contributed by atoms with E-state index in [0.29, 0.717) is 25.7 Å². The SMILES string of the molecule is CCCCCCCCCCCCCCC(=O)OC[C@H](COP(=O)(O)OC[C@H](O)COP(=O)(O)OC[C@@H](COC(=O)CCCCCCCCCCCCC(C)CC)OC(=O)CCCCCCCCCCCCCCCCCCCCC(C)CC)OC(=O)CCCCCCCCCCCCC(C)C. The summed E-state index contributed by atoms with van der Waals surface area (Å²) in [5.41, 5.74) is 0. The number of phosphoric ester groups is 2. The fourth-order valence-corrected chi connectivity index (χ4v) is 14.2. The standard InChI is InChI=1S/C82H160O17P2/c1-8-11-12-13-14-15-16-26-35-42-49-56-63-79(84)92-69-78(99-82(87)66-59-52-45-38-30-28-32-39-46-53-60-73(4)5)72-97-101(90,91)95-68-76(83)67-94-100(88,89)96-71-77(70-93-80(85)64-57-50-43-36-31-29-34-41-48-55-62-75(7)10-3)98-81(86)65-58-51-44-37-27-24-22-20-18-17-19-21-23-25-33-40-47-54-61-74(6)9-2/h73-78,83H,8-72H2,1-7H3,(H,88,89)(H,90,91)/t74?,75?,76-,77-,78-/m1/s1. The molecule has 0 aromatic rings. The molecule has 0 amide bonds. The van der Waals surface area contributed by atoms with Crippen molar-refractivity contribution in [3.63, 3.8) is 0 Å². The van der Waals surface area contributed by atoms with Gasteiger partial charge in [-0.25, -0.2) is 9.13 Å². The molecule has 101 heavy (non-hydrogen) atoms. The molecule has 0 aromatic heterocycles. The Bertz CT molecular complexity index is 1960. The summed E-state index contributed by atoms with van der Waals surface area (Å²) in [6, 6.07) is 0. The Kier molecular flexibility index (Phi) is 70.9. The lowest BCUT2D eigenvalue weighted by Crippen LogP contribution is -2.30. The molecular weight excluding hydrogens is 1320 g/mol. The molecule has 0 radical (unpaired) electrons. The smallest absolute Gasteiger partial charge is 0.462 e. The number of phosphoric acid groups is 2. The summed E-state index contributed by atoms with van der Waals surface area (Å²) in [7, 11) is -9.92. The van der Waals surface area contributed by atoms with E-state index in [1.807, 2.05) is 0 Å². The van der Waals surface area contributed by atoms with Crippen molar-refractivity contribution in [1.82, 2.24) is 0 Å². The van der Waals surface area contributed by atoms with Gasteiger partial charge in [-0.1, -0.05) is 376 Å². The van der Waals surface area contributed by atoms with Crippen LogP contribution in [0.25, 0.3) is 0 Å². The van der Waals surface area contributed by atoms with Crippen molar-refractivity contribution in [2.24, 2.45) is 17.8 Å². The zero-order valence-electron chi connectivity index (χ0n) is 66.4. The van der Waals surface area contributed by atoms with Gasteiger partial charge in [-0.05, 0) is 43.4 Å². The summed E-state index contributed by atoms with van der Waals surface area (Å²) in [6.45, 7) is 12.0. The first-order chi connectivity index (χ1) is 48.8. The van der Waals surface area contributed by atoms with Crippen molar-refractivity contribution in [2.75, 3.05) is 39.6 Å². The summed E-state index contributed by atoms with van der Waals surface area (Å²) in [5, 5.41) is 10.6. The van der Waals surface area contributed by atoms with E-state index in [-0.39, 0.29) is 25.7 Å². The Morgan fingerprint density at radius 2 is 0.505 bits per heavy atom. The number of unbranched alkanes of at least 4 members (excludes halogenated alkanes) is 46. The predicted molar refractivity (Wildman–Crippen MR) is 414 cm³/mol. The Morgan fingerprint density at radius 3 is 0.752 bits per heavy atom. The van der Waals surface area contributed by atoms with Crippen LogP contribution < -0.4 is 0 Å². The van der Waals surface area contributed by atoms with Gasteiger partial charge in [0.1, 0.15) is 19.3 Å². The molecular formula is C82H160O17P2. The molecule has 3 N–H and O–H groups in total. The Morgan fingerprint density at radius 1 is 0.287 bits per heavy atom. The van der Waals surface area contributed by atoms with E-state index in [0.717, 1.165) is 108 Å². The van der Waals surface area contributed by atoms with Gasteiger partial charge in [0.2, 0.25) is 0 Å². The van der Waals surface area contributed by atoms with Gasteiger partial charge in [-0.2, -0.15) is 0 Å². The lowest BCUT2D eigenvalue weighted by Gasteiger charge is -2.21. The highest BCUT2D eigenvalue weighted by Gasteiger charge is 2.30. The maximum atomic E-state index is 13.1. The number of ether oxygens (including phenoxy) is 4. The maximum Gasteiger partial charge on any atom is 0.472 e. The highest BCUT2D eigenvalue weighted by molar-refractivity contribution is 7.47. The van der Waals surface area contributed by atoms with Crippen LogP contribution >= 0.6 is 15.6 Å². The van der Waals surface area contributed by atoms with Crippen molar-refractivity contribution < 1.29 is 80.2 Å². The van der Waals surface area contributed by atoms with Gasteiger partial charge in [0.15, 0.2) is 12.2 Å². The first kappa shape index (κ1) is 99.1. The minimum atomic E-state index is -4.96. The van der Waals surface area contributed by atoms with E-state index in [1.54, 1.807) is 0 Å². The second-order valence-electron chi connectivity index (χ2n) is 30.5. The van der Waals surface area contributed by atoms with Crippen LogP contribution in [0.3, 0.4) is 0 Å². The third-order valence-electron chi connectivity index (χ3n) is 19.9. The van der Waals surface area contributed by atoms with Crippen LogP contribution in [-0.4, -0.2) is 96.7 Å². The average Bonchev–Trinajstić information content (AvgIpc) is 0.947. The van der Waals surface area contributed by atoms with E-state index >= 15 is 0 Å². The topological polar surface area (TPSA) is 237 Å². The lowest BCUT2D eigenvalue weighted by molar-refractivity contribution is -0.161. The molecule has 0 aromatic carbocycles. The molecule has 0 saturated carbocycles. The molecule has 0 rings (SSSR count). The first-order valence-electron chi connectivity index (χ1n) is 42.4. The number of aliphatic hydroxyl groups excluding tert-OH is 1. The van der Waals surface area contributed by atoms with Crippen LogP contribution in [-0.2, 0) is 65.4 Å². The average molecular weight is 1480 g/mol. The number of hydrogen-bond donors (Lipinski definition) is 3. The highest BCUT2D eigenvalue weighted by atomic mass is 31.2. The Hall–Kier alpha value is -1.94. The van der Waals surface area contributed by atoms with Crippen molar-refractivity contribution in [2.45, 2.75) is 446 Å². The number of carbonyl (C=O) groups excluding carboxylic acids is 4. The van der Waals surface area contributed by atoms with Crippen molar-refractivity contribution >= 4 is 39.5 Å². The normalized spacial score (nSPS) is 14.5. The van der Waals surface area contributed by atoms with Gasteiger partial charge in [0, 0.05) is 25.7 Å². The van der Waals surface area contributed by atoms with Crippen LogP contribution in [0.15, 0.2) is 0 Å².